The predicted octanol–water partition coefficient (Wildman–Crippen LogP) is 2.71. The van der Waals surface area contributed by atoms with E-state index in [-0.39, 0.29) is 12.4 Å². The summed E-state index contributed by atoms with van der Waals surface area (Å²) in [6.07, 6.45) is -1.02. The number of rotatable bonds is 7. The van der Waals surface area contributed by atoms with E-state index in [1.165, 1.54) is 13.8 Å². The SMILES string of the molecule is CC(=O)c1ccc(OCC(=O)O[C@H](C)C(=O)Nc2ccc(C#N)cc2)cc1. The Labute approximate surface area is 156 Å². The Morgan fingerprint density at radius 1 is 1.07 bits per heavy atom. The van der Waals surface area contributed by atoms with Gasteiger partial charge in [-0.05, 0) is 62.4 Å². The van der Waals surface area contributed by atoms with Crippen molar-refractivity contribution in [3.8, 4) is 11.8 Å². The number of nitriles is 1. The fraction of sp³-hybridized carbons (Fsp3) is 0.200. The summed E-state index contributed by atoms with van der Waals surface area (Å²) in [6.45, 7) is 2.53. The van der Waals surface area contributed by atoms with Crippen LogP contribution in [0.25, 0.3) is 0 Å². The van der Waals surface area contributed by atoms with Gasteiger partial charge in [-0.15, -0.1) is 0 Å². The second kappa shape index (κ2) is 9.15. The molecule has 0 aliphatic heterocycles. The van der Waals surface area contributed by atoms with Crippen molar-refractivity contribution in [2.24, 2.45) is 0 Å². The lowest BCUT2D eigenvalue weighted by molar-refractivity contribution is -0.155. The molecule has 27 heavy (non-hydrogen) atoms. The standard InChI is InChI=1S/C20H18N2O5/c1-13(23)16-5-9-18(10-6-16)26-12-19(24)27-14(2)20(25)22-17-7-3-15(11-21)4-8-17/h3-10,14H,12H2,1-2H3,(H,22,25)/t14-/m1/s1. The lowest BCUT2D eigenvalue weighted by Gasteiger charge is -2.14. The van der Waals surface area contributed by atoms with Crippen LogP contribution in [0, 0.1) is 11.3 Å². The number of nitrogens with one attached hydrogen (secondary N) is 1. The molecule has 0 saturated carbocycles. The first-order valence-corrected chi connectivity index (χ1v) is 8.13. The molecule has 1 N–H and O–H groups in total. The fourth-order valence-corrected chi connectivity index (χ4v) is 2.08. The molecule has 0 aliphatic carbocycles. The third kappa shape index (κ3) is 5.97. The highest BCUT2D eigenvalue weighted by Crippen LogP contribution is 2.13. The second-order valence-electron chi connectivity index (χ2n) is 5.68. The van der Waals surface area contributed by atoms with Gasteiger partial charge in [0.05, 0.1) is 11.6 Å². The zero-order chi connectivity index (χ0) is 19.8. The van der Waals surface area contributed by atoms with Crippen molar-refractivity contribution in [2.75, 3.05) is 11.9 Å². The first-order chi connectivity index (χ1) is 12.9. The highest BCUT2D eigenvalue weighted by Gasteiger charge is 2.18. The molecule has 1 amide bonds. The van der Waals surface area contributed by atoms with Gasteiger partial charge in [0.25, 0.3) is 5.91 Å². The van der Waals surface area contributed by atoms with Crippen LogP contribution in [0.15, 0.2) is 48.5 Å². The molecular weight excluding hydrogens is 348 g/mol. The predicted molar refractivity (Wildman–Crippen MR) is 97.3 cm³/mol. The quantitative estimate of drug-likeness (QED) is 0.597. The number of ketones is 1. The van der Waals surface area contributed by atoms with Crippen LogP contribution in [0.3, 0.4) is 0 Å². The van der Waals surface area contributed by atoms with Gasteiger partial charge >= 0.3 is 5.97 Å². The Morgan fingerprint density at radius 2 is 1.70 bits per heavy atom. The van der Waals surface area contributed by atoms with Gasteiger partial charge in [0.1, 0.15) is 5.75 Å². The van der Waals surface area contributed by atoms with E-state index in [0.717, 1.165) is 0 Å². The van der Waals surface area contributed by atoms with Gasteiger partial charge in [0, 0.05) is 11.3 Å². The number of carbonyl (C=O) groups excluding carboxylic acids is 3. The minimum atomic E-state index is -1.02. The fourth-order valence-electron chi connectivity index (χ4n) is 2.08. The molecule has 0 radical (unpaired) electrons. The molecule has 0 bridgehead atoms. The van der Waals surface area contributed by atoms with Crippen LogP contribution in [0.2, 0.25) is 0 Å². The number of amides is 1. The summed E-state index contributed by atoms with van der Waals surface area (Å²) in [4.78, 5) is 35.1. The van der Waals surface area contributed by atoms with E-state index in [0.29, 0.717) is 22.6 Å². The Bertz CT molecular complexity index is 867. The molecule has 1 atom stereocenters. The van der Waals surface area contributed by atoms with Gasteiger partial charge in [-0.25, -0.2) is 4.79 Å². The first-order valence-electron chi connectivity index (χ1n) is 8.13. The van der Waals surface area contributed by atoms with Gasteiger partial charge in [0.2, 0.25) is 0 Å². The molecule has 0 spiro atoms. The van der Waals surface area contributed by atoms with Gasteiger partial charge in [-0.3, -0.25) is 9.59 Å². The normalized spacial score (nSPS) is 11.0. The summed E-state index contributed by atoms with van der Waals surface area (Å²) in [5, 5.41) is 11.3. The molecule has 7 nitrogen and oxygen atoms in total. The molecule has 0 aliphatic rings. The Hall–Kier alpha value is -3.66. The van der Waals surface area contributed by atoms with E-state index < -0.39 is 18.0 Å². The summed E-state index contributed by atoms with van der Waals surface area (Å²) in [6, 6.07) is 14.6. The van der Waals surface area contributed by atoms with Crippen LogP contribution in [0.5, 0.6) is 5.75 Å². The molecule has 0 aromatic heterocycles. The average Bonchev–Trinajstić information content (AvgIpc) is 2.67. The van der Waals surface area contributed by atoms with Gasteiger partial charge in [-0.2, -0.15) is 5.26 Å². The maximum Gasteiger partial charge on any atom is 0.344 e. The largest absolute Gasteiger partial charge is 0.482 e. The summed E-state index contributed by atoms with van der Waals surface area (Å²) in [5.41, 5.74) is 1.50. The number of hydrogen-bond donors (Lipinski definition) is 1. The highest BCUT2D eigenvalue weighted by molar-refractivity contribution is 5.95. The first kappa shape index (κ1) is 19.7. The van der Waals surface area contributed by atoms with Crippen molar-refractivity contribution in [1.82, 2.24) is 0 Å². The highest BCUT2D eigenvalue weighted by atomic mass is 16.6. The van der Waals surface area contributed by atoms with Crippen molar-refractivity contribution in [2.45, 2.75) is 20.0 Å². The van der Waals surface area contributed by atoms with Crippen molar-refractivity contribution in [3.05, 3.63) is 59.7 Å². The van der Waals surface area contributed by atoms with Gasteiger partial charge < -0.3 is 14.8 Å². The zero-order valence-electron chi connectivity index (χ0n) is 14.9. The number of esters is 1. The summed E-state index contributed by atoms with van der Waals surface area (Å²) >= 11 is 0. The van der Waals surface area contributed by atoms with Crippen LogP contribution < -0.4 is 10.1 Å². The average molecular weight is 366 g/mol. The molecule has 0 unspecified atom stereocenters. The van der Waals surface area contributed by atoms with E-state index in [1.807, 2.05) is 6.07 Å². The van der Waals surface area contributed by atoms with Crippen molar-refractivity contribution >= 4 is 23.3 Å². The monoisotopic (exact) mass is 366 g/mol. The van der Waals surface area contributed by atoms with Crippen LogP contribution in [-0.2, 0) is 14.3 Å². The third-order valence-corrected chi connectivity index (χ3v) is 3.58. The molecule has 0 fully saturated rings. The number of carbonyl (C=O) groups is 3. The van der Waals surface area contributed by atoms with E-state index in [1.54, 1.807) is 48.5 Å². The summed E-state index contributed by atoms with van der Waals surface area (Å²) in [5.74, 6) is -0.860. The molecule has 2 aromatic carbocycles. The Kier molecular flexibility index (Phi) is 6.67. The number of Topliss-reactive ketones (excluding diaryl/α,β-unsaturated/α-hetero) is 1. The van der Waals surface area contributed by atoms with Crippen molar-refractivity contribution < 1.29 is 23.9 Å². The molecule has 2 rings (SSSR count). The lowest BCUT2D eigenvalue weighted by atomic mass is 10.1. The smallest absolute Gasteiger partial charge is 0.344 e. The summed E-state index contributed by atoms with van der Waals surface area (Å²) < 4.78 is 10.3. The van der Waals surface area contributed by atoms with E-state index in [2.05, 4.69) is 5.32 Å². The summed E-state index contributed by atoms with van der Waals surface area (Å²) in [7, 11) is 0. The van der Waals surface area contributed by atoms with Crippen molar-refractivity contribution in [3.63, 3.8) is 0 Å². The van der Waals surface area contributed by atoms with Crippen LogP contribution >= 0.6 is 0 Å². The van der Waals surface area contributed by atoms with Gasteiger partial charge in [-0.1, -0.05) is 0 Å². The molecule has 2 aromatic rings. The third-order valence-electron chi connectivity index (χ3n) is 3.58. The number of ether oxygens (including phenoxy) is 2. The number of benzene rings is 2. The van der Waals surface area contributed by atoms with Crippen LogP contribution in [0.1, 0.15) is 29.8 Å². The van der Waals surface area contributed by atoms with E-state index in [4.69, 9.17) is 14.7 Å². The maximum atomic E-state index is 12.1. The number of nitrogens with zero attached hydrogens (tertiary/aromatic N) is 1. The zero-order valence-corrected chi connectivity index (χ0v) is 14.9. The van der Waals surface area contributed by atoms with Gasteiger partial charge in [0.15, 0.2) is 18.5 Å². The molecule has 0 saturated heterocycles. The maximum absolute atomic E-state index is 12.1. The minimum absolute atomic E-state index is 0.0666. The number of anilines is 1. The number of hydrogen-bond acceptors (Lipinski definition) is 6. The van der Waals surface area contributed by atoms with Crippen molar-refractivity contribution in [1.29, 1.82) is 5.26 Å². The minimum Gasteiger partial charge on any atom is -0.482 e. The van der Waals surface area contributed by atoms with E-state index in [9.17, 15) is 14.4 Å². The van der Waals surface area contributed by atoms with Crippen LogP contribution in [0.4, 0.5) is 5.69 Å². The molecule has 7 heteroatoms. The van der Waals surface area contributed by atoms with Crippen LogP contribution in [-0.4, -0.2) is 30.4 Å². The lowest BCUT2D eigenvalue weighted by Crippen LogP contribution is -2.31. The molecule has 0 heterocycles. The second-order valence-corrected chi connectivity index (χ2v) is 5.68. The Morgan fingerprint density at radius 3 is 2.26 bits per heavy atom. The van der Waals surface area contributed by atoms with E-state index >= 15 is 0 Å². The molecular formula is C20H18N2O5. The topological polar surface area (TPSA) is 105 Å². The molecule has 138 valence electrons. The Balaban J connectivity index is 1.80.